The lowest BCUT2D eigenvalue weighted by Crippen LogP contribution is -2.50. The van der Waals surface area contributed by atoms with Gasteiger partial charge < -0.3 is 9.15 Å². The molecule has 2 heterocycles. The number of carbonyl (C=O) groups is 2. The molecule has 0 saturated heterocycles. The molecule has 7 rings (SSSR count). The third-order valence-electron chi connectivity index (χ3n) is 8.20. The molecule has 7 nitrogen and oxygen atoms in total. The van der Waals surface area contributed by atoms with Crippen LogP contribution in [0.25, 0.3) is 10.9 Å². The quantitative estimate of drug-likeness (QED) is 0.268. The molecule has 3 aromatic rings. The van der Waals surface area contributed by atoms with Crippen molar-refractivity contribution in [2.75, 3.05) is 12.9 Å². The maximum Gasteiger partial charge on any atom is 0.337 e. The van der Waals surface area contributed by atoms with Gasteiger partial charge in [0.15, 0.2) is 5.16 Å². The van der Waals surface area contributed by atoms with Crippen molar-refractivity contribution in [1.29, 1.82) is 0 Å². The molecule has 8 heteroatoms. The molecule has 0 unspecified atom stereocenters. The minimum atomic E-state index is -0.486. The van der Waals surface area contributed by atoms with E-state index >= 15 is 0 Å². The monoisotopic (exact) mass is 492 g/mol. The first-order valence-corrected chi connectivity index (χ1v) is 13.2. The summed E-state index contributed by atoms with van der Waals surface area (Å²) in [6, 6.07) is 8.33. The molecule has 4 fully saturated rings. The Morgan fingerprint density at radius 3 is 2.49 bits per heavy atom. The van der Waals surface area contributed by atoms with Gasteiger partial charge in [0, 0.05) is 5.41 Å². The number of hydrogen-bond acceptors (Lipinski definition) is 7. The zero-order valence-electron chi connectivity index (χ0n) is 19.7. The summed E-state index contributed by atoms with van der Waals surface area (Å²) < 4.78 is 11.9. The summed E-state index contributed by atoms with van der Waals surface area (Å²) in [5.74, 6) is 2.82. The molecule has 35 heavy (non-hydrogen) atoms. The molecule has 182 valence electrons. The van der Waals surface area contributed by atoms with Crippen LogP contribution in [0.3, 0.4) is 0 Å². The van der Waals surface area contributed by atoms with Gasteiger partial charge in [-0.05, 0) is 86.6 Å². The smallest absolute Gasteiger partial charge is 0.337 e. The number of fused-ring (bicyclic) bond motifs is 1. The van der Waals surface area contributed by atoms with Gasteiger partial charge in [-0.25, -0.2) is 9.78 Å². The predicted octanol–water partition coefficient (Wildman–Crippen LogP) is 4.70. The van der Waals surface area contributed by atoms with E-state index in [0.29, 0.717) is 56.7 Å². The van der Waals surface area contributed by atoms with Gasteiger partial charge in [0.25, 0.3) is 5.56 Å². The van der Waals surface area contributed by atoms with Crippen molar-refractivity contribution < 1.29 is 18.7 Å². The fourth-order valence-corrected chi connectivity index (χ4v) is 8.02. The summed E-state index contributed by atoms with van der Waals surface area (Å²) in [5.41, 5.74) is 0.324. The Hall–Kier alpha value is -2.87. The molecule has 4 aliphatic carbocycles. The largest absolute Gasteiger partial charge is 0.467 e. The van der Waals surface area contributed by atoms with Crippen molar-refractivity contribution in [3.05, 3.63) is 58.3 Å². The van der Waals surface area contributed by atoms with Crippen LogP contribution < -0.4 is 5.56 Å². The zero-order chi connectivity index (χ0) is 24.2. The Kier molecular flexibility index (Phi) is 5.59. The number of carbonyl (C=O) groups excluding carboxylic acids is 2. The fourth-order valence-electron chi connectivity index (χ4n) is 6.99. The second-order valence-corrected chi connectivity index (χ2v) is 11.4. The molecule has 4 aliphatic rings. The first-order chi connectivity index (χ1) is 16.9. The Balaban J connectivity index is 1.33. The molecule has 0 aliphatic heterocycles. The number of hydrogen-bond donors (Lipinski definition) is 0. The molecular formula is C27H28N2O5S. The Bertz CT molecular complexity index is 1320. The topological polar surface area (TPSA) is 91.4 Å². The highest BCUT2D eigenvalue weighted by Crippen LogP contribution is 2.60. The summed E-state index contributed by atoms with van der Waals surface area (Å²) in [4.78, 5) is 43.8. The van der Waals surface area contributed by atoms with Crippen LogP contribution in [0, 0.1) is 23.2 Å². The molecule has 0 spiro atoms. The number of rotatable bonds is 7. The van der Waals surface area contributed by atoms with Gasteiger partial charge in [0.2, 0.25) is 0 Å². The number of furan rings is 1. The Morgan fingerprint density at radius 2 is 1.86 bits per heavy atom. The first-order valence-electron chi connectivity index (χ1n) is 12.3. The van der Waals surface area contributed by atoms with E-state index < -0.39 is 5.97 Å². The summed E-state index contributed by atoms with van der Waals surface area (Å²) in [6.45, 7) is 0.224. The number of nitrogens with zero attached hydrogens (tertiary/aromatic N) is 2. The van der Waals surface area contributed by atoms with Crippen LogP contribution in [-0.2, 0) is 16.1 Å². The number of esters is 1. The third kappa shape index (κ3) is 4.01. The van der Waals surface area contributed by atoms with Crippen molar-refractivity contribution in [3.8, 4) is 0 Å². The zero-order valence-corrected chi connectivity index (χ0v) is 20.5. The molecule has 0 atom stereocenters. The van der Waals surface area contributed by atoms with Gasteiger partial charge in [0.05, 0.1) is 42.1 Å². The molecule has 4 bridgehead atoms. The number of aromatic nitrogens is 2. The highest BCUT2D eigenvalue weighted by Gasteiger charge is 2.54. The van der Waals surface area contributed by atoms with Gasteiger partial charge in [-0.2, -0.15) is 0 Å². The normalized spacial score (nSPS) is 26.8. The second kappa shape index (κ2) is 8.66. The first kappa shape index (κ1) is 22.6. The van der Waals surface area contributed by atoms with E-state index in [1.165, 1.54) is 38.1 Å². The molecule has 4 saturated carbocycles. The maximum absolute atomic E-state index is 13.6. The lowest BCUT2D eigenvalue weighted by atomic mass is 9.48. The highest BCUT2D eigenvalue weighted by atomic mass is 32.2. The molecular weight excluding hydrogens is 464 g/mol. The number of Topliss-reactive ketones (excluding diaryl/α,β-unsaturated/α-hetero) is 1. The summed E-state index contributed by atoms with van der Waals surface area (Å²) >= 11 is 1.32. The minimum absolute atomic E-state index is 0.192. The SMILES string of the molecule is COC(=O)c1ccc2c(=O)n(Cc3ccco3)c(SCC(=O)C34CC5CC(CC(C5)C3)C4)nc2c1. The Labute approximate surface area is 207 Å². The molecule has 0 N–H and O–H groups in total. The van der Waals surface area contributed by atoms with Gasteiger partial charge >= 0.3 is 5.97 Å². The van der Waals surface area contributed by atoms with E-state index in [1.54, 1.807) is 35.1 Å². The van der Waals surface area contributed by atoms with E-state index in [4.69, 9.17) is 14.1 Å². The molecule has 1 aromatic carbocycles. The second-order valence-electron chi connectivity index (χ2n) is 10.5. The van der Waals surface area contributed by atoms with Crippen LogP contribution in [0.2, 0.25) is 0 Å². The summed E-state index contributed by atoms with van der Waals surface area (Å²) in [7, 11) is 1.32. The van der Waals surface area contributed by atoms with Crippen LogP contribution in [0.5, 0.6) is 0 Å². The van der Waals surface area contributed by atoms with E-state index in [2.05, 4.69) is 0 Å². The Morgan fingerprint density at radius 1 is 1.14 bits per heavy atom. The number of methoxy groups -OCH3 is 1. The average molecular weight is 493 g/mol. The number of ether oxygens (including phenoxy) is 1. The standard InChI is InChI=1S/C27H28N2O5S/c1-33-25(32)19-4-5-21-22(10-19)28-26(29(24(21)31)14-20-3-2-6-34-20)35-15-23(30)27-11-16-7-17(12-27)9-18(8-16)13-27/h2-6,10,16-18H,7-9,11-15H2,1H3. The highest BCUT2D eigenvalue weighted by molar-refractivity contribution is 7.99. The van der Waals surface area contributed by atoms with Crippen LogP contribution in [-0.4, -0.2) is 34.2 Å². The van der Waals surface area contributed by atoms with Crippen LogP contribution in [0.15, 0.2) is 51.0 Å². The lowest BCUT2D eigenvalue weighted by Gasteiger charge is -2.56. The van der Waals surface area contributed by atoms with Crippen molar-refractivity contribution in [2.24, 2.45) is 23.2 Å². The number of ketones is 1. The van der Waals surface area contributed by atoms with Crippen molar-refractivity contribution >= 4 is 34.4 Å². The van der Waals surface area contributed by atoms with Gasteiger partial charge in [-0.1, -0.05) is 11.8 Å². The van der Waals surface area contributed by atoms with Crippen molar-refractivity contribution in [2.45, 2.75) is 50.2 Å². The van der Waals surface area contributed by atoms with Crippen LogP contribution in [0.4, 0.5) is 0 Å². The predicted molar refractivity (Wildman–Crippen MR) is 131 cm³/mol. The average Bonchev–Trinajstić information content (AvgIpc) is 3.36. The number of thioether (sulfide) groups is 1. The molecule has 0 radical (unpaired) electrons. The summed E-state index contributed by atoms with van der Waals surface area (Å²) in [5, 5.41) is 0.861. The maximum atomic E-state index is 13.6. The van der Waals surface area contributed by atoms with E-state index in [-0.39, 0.29) is 17.5 Å². The minimum Gasteiger partial charge on any atom is -0.467 e. The van der Waals surface area contributed by atoms with Crippen molar-refractivity contribution in [3.63, 3.8) is 0 Å². The van der Waals surface area contributed by atoms with Gasteiger partial charge in [-0.15, -0.1) is 0 Å². The molecule has 2 aromatic heterocycles. The van der Waals surface area contributed by atoms with Crippen molar-refractivity contribution in [1.82, 2.24) is 9.55 Å². The van der Waals surface area contributed by atoms with E-state index in [0.717, 1.165) is 19.3 Å². The van der Waals surface area contributed by atoms with E-state index in [9.17, 15) is 14.4 Å². The number of benzene rings is 1. The van der Waals surface area contributed by atoms with Crippen LogP contribution in [0.1, 0.15) is 54.6 Å². The fraction of sp³-hybridized carbons (Fsp3) is 0.481. The molecule has 0 amide bonds. The summed E-state index contributed by atoms with van der Waals surface area (Å²) in [6.07, 6.45) is 8.49. The van der Waals surface area contributed by atoms with E-state index in [1.807, 2.05) is 6.07 Å². The third-order valence-corrected chi connectivity index (χ3v) is 9.17. The van der Waals surface area contributed by atoms with Gasteiger partial charge in [0.1, 0.15) is 11.5 Å². The van der Waals surface area contributed by atoms with Crippen LogP contribution >= 0.6 is 11.8 Å². The van der Waals surface area contributed by atoms with Gasteiger partial charge in [-0.3, -0.25) is 14.2 Å². The lowest BCUT2D eigenvalue weighted by molar-refractivity contribution is -0.141.